The van der Waals surface area contributed by atoms with Gasteiger partial charge in [0.1, 0.15) is 24.1 Å². The molecule has 0 unspecified atom stereocenters. The number of aryl methyl sites for hydroxylation is 1. The van der Waals surface area contributed by atoms with Crippen molar-refractivity contribution < 1.29 is 19.0 Å². The van der Waals surface area contributed by atoms with E-state index in [0.29, 0.717) is 50.0 Å². The zero-order chi connectivity index (χ0) is 30.5. The van der Waals surface area contributed by atoms with Gasteiger partial charge in [0, 0.05) is 10.6 Å². The lowest BCUT2D eigenvalue weighted by Crippen LogP contribution is -2.40. The number of hydrogen-bond donors (Lipinski definition) is 0. The van der Waals surface area contributed by atoms with Crippen LogP contribution in [0.5, 0.6) is 11.5 Å². The Morgan fingerprint density at radius 1 is 1.07 bits per heavy atom. The van der Waals surface area contributed by atoms with E-state index < -0.39 is 12.0 Å². The number of ether oxygens (including phenoxy) is 3. The Hall–Kier alpha value is -4.14. The highest BCUT2D eigenvalue weighted by atomic mass is 35.5. The van der Waals surface area contributed by atoms with Crippen molar-refractivity contribution in [3.05, 3.63) is 125 Å². The number of allylic oxidation sites excluding steroid dienone is 1. The number of benzene rings is 3. The van der Waals surface area contributed by atoms with Crippen molar-refractivity contribution in [3.63, 3.8) is 0 Å². The Labute approximate surface area is 259 Å². The van der Waals surface area contributed by atoms with E-state index in [1.807, 2.05) is 37.3 Å². The molecule has 222 valence electrons. The Morgan fingerprint density at radius 3 is 2.49 bits per heavy atom. The lowest BCUT2D eigenvalue weighted by Gasteiger charge is -2.27. The molecule has 0 saturated carbocycles. The maximum atomic E-state index is 14.0. The number of rotatable bonds is 10. The Morgan fingerprint density at radius 2 is 1.81 bits per heavy atom. The van der Waals surface area contributed by atoms with Gasteiger partial charge in [-0.05, 0) is 67.8 Å². The topological polar surface area (TPSA) is 79.1 Å². The smallest absolute Gasteiger partial charge is 0.338 e. The van der Waals surface area contributed by atoms with Crippen LogP contribution in [0.1, 0.15) is 55.0 Å². The van der Waals surface area contributed by atoms with Crippen LogP contribution in [0, 0.1) is 6.92 Å². The summed E-state index contributed by atoms with van der Waals surface area (Å²) in [5, 5.41) is 0.458. The number of carbonyl (C=O) groups is 1. The molecule has 3 aromatic carbocycles. The van der Waals surface area contributed by atoms with Gasteiger partial charge in [0.15, 0.2) is 4.80 Å². The van der Waals surface area contributed by atoms with Crippen LogP contribution in [0.4, 0.5) is 0 Å². The number of methoxy groups -OCH3 is 1. The highest BCUT2D eigenvalue weighted by Crippen LogP contribution is 2.38. The molecule has 7 nitrogen and oxygen atoms in total. The monoisotopic (exact) mass is 616 g/mol. The Kier molecular flexibility index (Phi) is 9.48. The summed E-state index contributed by atoms with van der Waals surface area (Å²) in [6.07, 6.45) is 3.13. The van der Waals surface area contributed by atoms with Crippen molar-refractivity contribution in [2.45, 2.75) is 46.3 Å². The molecule has 2 heterocycles. The second kappa shape index (κ2) is 13.4. The largest absolute Gasteiger partial charge is 0.496 e. The van der Waals surface area contributed by atoms with Crippen molar-refractivity contribution in [1.82, 2.24) is 4.57 Å². The van der Waals surface area contributed by atoms with Gasteiger partial charge in [-0.15, -0.1) is 0 Å². The summed E-state index contributed by atoms with van der Waals surface area (Å²) < 4.78 is 19.1. The van der Waals surface area contributed by atoms with Crippen molar-refractivity contribution in [2.75, 3.05) is 13.7 Å². The van der Waals surface area contributed by atoms with Crippen LogP contribution in [0.2, 0.25) is 5.02 Å². The van der Waals surface area contributed by atoms with Gasteiger partial charge >= 0.3 is 5.97 Å². The number of hydrogen-bond acceptors (Lipinski definition) is 7. The average molecular weight is 617 g/mol. The molecule has 0 aliphatic carbocycles. The van der Waals surface area contributed by atoms with Gasteiger partial charge in [0.2, 0.25) is 0 Å². The molecule has 1 aliphatic rings. The molecule has 1 atom stereocenters. The number of esters is 1. The van der Waals surface area contributed by atoms with Crippen LogP contribution in [0.25, 0.3) is 6.08 Å². The first kappa shape index (κ1) is 30.3. The van der Waals surface area contributed by atoms with Gasteiger partial charge in [-0.3, -0.25) is 9.36 Å². The summed E-state index contributed by atoms with van der Waals surface area (Å²) in [7, 11) is 1.55. The minimum absolute atomic E-state index is 0.191. The lowest BCUT2D eigenvalue weighted by molar-refractivity contribution is -0.139. The number of thiazole rings is 1. The number of halogens is 1. The summed E-state index contributed by atoms with van der Waals surface area (Å²) in [6.45, 7) is 6.48. The molecule has 9 heteroatoms. The quantitative estimate of drug-likeness (QED) is 0.200. The first-order valence-corrected chi connectivity index (χ1v) is 15.4. The molecule has 0 spiro atoms. The molecule has 0 fully saturated rings. The average Bonchev–Trinajstić information content (AvgIpc) is 3.31. The summed E-state index contributed by atoms with van der Waals surface area (Å²) in [5.74, 6) is 0.720. The zero-order valence-electron chi connectivity index (χ0n) is 24.6. The molecule has 0 amide bonds. The summed E-state index contributed by atoms with van der Waals surface area (Å²) in [4.78, 5) is 32.8. The standard InChI is InChI=1S/C34H33ClN2O5S/c1-5-7-27-30(33(39)41-6-2)31(26-19-24(35)14-17-28(26)40-4)37-32(38)29(43-34(37)36-27)18-22-12-15-25(16-13-22)42-20-23-10-8-21(3)9-11-23/h8-19,31H,5-7,20H2,1-4H3/b29-18+/t31-/m1/s1. The molecule has 1 aliphatic heterocycles. The first-order valence-electron chi connectivity index (χ1n) is 14.2. The number of nitrogens with zero attached hydrogens (tertiary/aromatic N) is 2. The molecule has 4 aromatic rings. The van der Waals surface area contributed by atoms with Gasteiger partial charge < -0.3 is 14.2 Å². The predicted octanol–water partition coefficient (Wildman–Crippen LogP) is 6.13. The molecule has 0 N–H and O–H groups in total. The molecule has 0 bridgehead atoms. The summed E-state index contributed by atoms with van der Waals surface area (Å²) in [5.41, 5.74) is 4.36. The number of fused-ring (bicyclic) bond motifs is 1. The molecular formula is C34H33ClN2O5S. The first-order chi connectivity index (χ1) is 20.8. The van der Waals surface area contributed by atoms with Crippen LogP contribution in [-0.4, -0.2) is 24.3 Å². The fourth-order valence-electron chi connectivity index (χ4n) is 5.00. The highest BCUT2D eigenvalue weighted by Gasteiger charge is 2.36. The van der Waals surface area contributed by atoms with E-state index in [-0.39, 0.29) is 12.2 Å². The maximum Gasteiger partial charge on any atom is 0.338 e. The SMILES string of the molecule is CCCC1=C(C(=O)OCC)[C@@H](c2cc(Cl)ccc2OC)n2c(s/c(=C/c3ccc(OCc4ccc(C)cc4)cc3)c2=O)=N1. The summed E-state index contributed by atoms with van der Waals surface area (Å²) >= 11 is 7.70. The van der Waals surface area contributed by atoms with E-state index in [1.54, 1.807) is 36.8 Å². The lowest BCUT2D eigenvalue weighted by atomic mass is 9.93. The van der Waals surface area contributed by atoms with Crippen LogP contribution in [0.15, 0.2) is 87.8 Å². The molecule has 0 radical (unpaired) electrons. The van der Waals surface area contributed by atoms with Crippen LogP contribution in [0.3, 0.4) is 0 Å². The highest BCUT2D eigenvalue weighted by molar-refractivity contribution is 7.07. The third-order valence-corrected chi connectivity index (χ3v) is 8.30. The van der Waals surface area contributed by atoms with E-state index in [1.165, 1.54) is 16.9 Å². The molecule has 1 aromatic heterocycles. The van der Waals surface area contributed by atoms with Gasteiger partial charge in [-0.2, -0.15) is 0 Å². The fourth-order valence-corrected chi connectivity index (χ4v) is 6.20. The second-order valence-electron chi connectivity index (χ2n) is 10.1. The predicted molar refractivity (Wildman–Crippen MR) is 170 cm³/mol. The minimum Gasteiger partial charge on any atom is -0.496 e. The van der Waals surface area contributed by atoms with Gasteiger partial charge in [-0.1, -0.05) is 78.2 Å². The van der Waals surface area contributed by atoms with E-state index in [9.17, 15) is 9.59 Å². The van der Waals surface area contributed by atoms with Crippen LogP contribution >= 0.6 is 22.9 Å². The zero-order valence-corrected chi connectivity index (χ0v) is 26.1. The molecule has 5 rings (SSSR count). The van der Waals surface area contributed by atoms with E-state index in [2.05, 4.69) is 31.2 Å². The fraction of sp³-hybridized carbons (Fsp3) is 0.265. The van der Waals surface area contributed by atoms with Gasteiger partial charge in [-0.25, -0.2) is 9.79 Å². The van der Waals surface area contributed by atoms with Crippen LogP contribution in [-0.2, 0) is 16.1 Å². The van der Waals surface area contributed by atoms with Gasteiger partial charge in [0.05, 0.1) is 29.5 Å². The maximum absolute atomic E-state index is 14.0. The third-order valence-electron chi connectivity index (χ3n) is 7.08. The van der Waals surface area contributed by atoms with E-state index >= 15 is 0 Å². The van der Waals surface area contributed by atoms with E-state index in [4.69, 9.17) is 30.8 Å². The molecular weight excluding hydrogens is 584 g/mol. The minimum atomic E-state index is -0.815. The van der Waals surface area contributed by atoms with Crippen molar-refractivity contribution >= 4 is 35.0 Å². The van der Waals surface area contributed by atoms with E-state index in [0.717, 1.165) is 23.3 Å². The summed E-state index contributed by atoms with van der Waals surface area (Å²) in [6, 6.07) is 20.2. The third kappa shape index (κ3) is 6.60. The Bertz CT molecular complexity index is 1840. The normalized spacial score (nSPS) is 14.7. The number of aromatic nitrogens is 1. The molecule has 0 saturated heterocycles. The van der Waals surface area contributed by atoms with Crippen molar-refractivity contribution in [3.8, 4) is 11.5 Å². The van der Waals surface area contributed by atoms with Crippen molar-refractivity contribution in [1.29, 1.82) is 0 Å². The molecule has 43 heavy (non-hydrogen) atoms. The Balaban J connectivity index is 1.57. The second-order valence-corrected chi connectivity index (χ2v) is 11.6. The number of carbonyl (C=O) groups excluding carboxylic acids is 1. The van der Waals surface area contributed by atoms with Gasteiger partial charge in [0.25, 0.3) is 5.56 Å². The van der Waals surface area contributed by atoms with Crippen LogP contribution < -0.4 is 24.4 Å². The van der Waals surface area contributed by atoms with Crippen molar-refractivity contribution in [2.24, 2.45) is 4.99 Å².